The van der Waals surface area contributed by atoms with Gasteiger partial charge in [-0.25, -0.2) is 0 Å². The van der Waals surface area contributed by atoms with Crippen LogP contribution in [0.2, 0.25) is 5.02 Å². The van der Waals surface area contributed by atoms with Crippen LogP contribution < -0.4 is 5.32 Å². The van der Waals surface area contributed by atoms with Crippen LogP contribution in [0.25, 0.3) is 0 Å². The molecule has 2 saturated heterocycles. The zero-order chi connectivity index (χ0) is 19.3. The Balaban J connectivity index is 1.76. The fourth-order valence-corrected chi connectivity index (χ4v) is 4.45. The van der Waals surface area contributed by atoms with Gasteiger partial charge < -0.3 is 19.9 Å². The average molecular weight is 396 g/mol. The second-order valence-electron chi connectivity index (χ2n) is 7.28. The van der Waals surface area contributed by atoms with Crippen LogP contribution in [0.3, 0.4) is 0 Å². The lowest BCUT2D eigenvalue weighted by atomic mass is 9.73. The van der Waals surface area contributed by atoms with Crippen LogP contribution in [0.1, 0.15) is 31.2 Å². The summed E-state index contributed by atoms with van der Waals surface area (Å²) in [6, 6.07) is 7.36. The van der Waals surface area contributed by atoms with Crippen molar-refractivity contribution in [1.82, 2.24) is 5.32 Å². The van der Waals surface area contributed by atoms with Crippen molar-refractivity contribution in [2.24, 2.45) is 11.8 Å². The molecule has 0 radical (unpaired) electrons. The van der Waals surface area contributed by atoms with E-state index in [1.807, 2.05) is 18.2 Å². The fourth-order valence-electron chi connectivity index (χ4n) is 4.13. The van der Waals surface area contributed by atoms with Crippen molar-refractivity contribution in [3.63, 3.8) is 0 Å². The number of ether oxygens (including phenoxy) is 2. The summed E-state index contributed by atoms with van der Waals surface area (Å²) in [6.07, 6.45) is 2.46. The number of carbonyl (C=O) groups excluding carboxylic acids is 1. The van der Waals surface area contributed by atoms with E-state index in [9.17, 15) is 14.7 Å². The van der Waals surface area contributed by atoms with E-state index in [1.165, 1.54) is 0 Å². The van der Waals surface area contributed by atoms with Crippen molar-refractivity contribution in [3.05, 3.63) is 34.9 Å². The van der Waals surface area contributed by atoms with Gasteiger partial charge >= 0.3 is 5.97 Å². The average Bonchev–Trinajstić information content (AvgIpc) is 2.69. The largest absolute Gasteiger partial charge is 0.481 e. The van der Waals surface area contributed by atoms with Crippen LogP contribution in [0.15, 0.2) is 24.3 Å². The fraction of sp³-hybridized carbons (Fsp3) is 0.600. The summed E-state index contributed by atoms with van der Waals surface area (Å²) >= 11 is 6.40. The molecule has 6 nitrogen and oxygen atoms in total. The van der Waals surface area contributed by atoms with Gasteiger partial charge in [-0.2, -0.15) is 0 Å². The molecule has 1 amide bonds. The molecule has 0 spiro atoms. The van der Waals surface area contributed by atoms with Crippen LogP contribution in [-0.4, -0.2) is 50.0 Å². The maximum absolute atomic E-state index is 13.2. The first kappa shape index (κ1) is 20.1. The number of rotatable bonds is 6. The van der Waals surface area contributed by atoms with Gasteiger partial charge in [0.2, 0.25) is 5.91 Å². The molecule has 2 heterocycles. The van der Waals surface area contributed by atoms with Gasteiger partial charge in [-0.1, -0.05) is 29.8 Å². The topological polar surface area (TPSA) is 84.9 Å². The molecule has 0 aliphatic carbocycles. The molecular formula is C20H26ClNO5. The minimum absolute atomic E-state index is 0.0162. The second kappa shape index (κ2) is 9.04. The zero-order valence-corrected chi connectivity index (χ0v) is 16.0. The molecule has 7 heteroatoms. The Morgan fingerprint density at radius 2 is 1.78 bits per heavy atom. The number of halogens is 1. The van der Waals surface area contributed by atoms with Gasteiger partial charge in [-0.3, -0.25) is 9.59 Å². The Kier molecular flexibility index (Phi) is 6.73. The molecule has 0 saturated carbocycles. The number of benzene rings is 1. The van der Waals surface area contributed by atoms with Gasteiger partial charge in [0.1, 0.15) is 0 Å². The Hall–Kier alpha value is -1.63. The highest BCUT2D eigenvalue weighted by atomic mass is 35.5. The Bertz CT molecular complexity index is 668. The molecule has 1 atom stereocenters. The smallest absolute Gasteiger partial charge is 0.308 e. The number of hydrogen-bond acceptors (Lipinski definition) is 4. The highest BCUT2D eigenvalue weighted by molar-refractivity contribution is 6.31. The van der Waals surface area contributed by atoms with Gasteiger partial charge in [-0.05, 0) is 43.2 Å². The van der Waals surface area contributed by atoms with Crippen LogP contribution in [0.4, 0.5) is 0 Å². The van der Waals surface area contributed by atoms with E-state index < -0.39 is 17.3 Å². The Labute approximate surface area is 164 Å². The first-order valence-electron chi connectivity index (χ1n) is 9.46. The quantitative estimate of drug-likeness (QED) is 0.773. The summed E-state index contributed by atoms with van der Waals surface area (Å²) in [6.45, 7) is 2.21. The maximum atomic E-state index is 13.2. The number of carbonyl (C=O) groups is 2. The van der Waals surface area contributed by atoms with Crippen LogP contribution in [-0.2, 0) is 24.5 Å². The number of aliphatic carboxylic acids is 1. The number of carboxylic acids is 1. The molecule has 0 aromatic heterocycles. The molecule has 1 aromatic carbocycles. The first-order valence-corrected chi connectivity index (χ1v) is 9.84. The van der Waals surface area contributed by atoms with E-state index in [2.05, 4.69) is 5.32 Å². The van der Waals surface area contributed by atoms with E-state index in [1.54, 1.807) is 6.07 Å². The minimum atomic E-state index is -0.874. The van der Waals surface area contributed by atoms with E-state index in [-0.39, 0.29) is 18.4 Å². The molecule has 0 bridgehead atoms. The second-order valence-corrected chi connectivity index (χ2v) is 7.69. The van der Waals surface area contributed by atoms with E-state index in [4.69, 9.17) is 21.1 Å². The molecule has 27 heavy (non-hydrogen) atoms. The SMILES string of the molecule is O=C(O)C(CNC(=O)C1(c2ccccc2Cl)CCOCC1)C1CCOCC1. The molecule has 2 N–H and O–H groups in total. The lowest BCUT2D eigenvalue weighted by molar-refractivity contribution is -0.145. The van der Waals surface area contributed by atoms with Crippen molar-refractivity contribution < 1.29 is 24.2 Å². The number of amides is 1. The standard InChI is InChI=1S/C20H26ClNO5/c21-17-4-2-1-3-16(17)20(7-11-27-12-8-20)19(25)22-13-15(18(23)24)14-5-9-26-10-6-14/h1-4,14-15H,5-13H2,(H,22,25)(H,23,24). The van der Waals surface area contributed by atoms with Gasteiger partial charge in [0.15, 0.2) is 0 Å². The molecule has 1 unspecified atom stereocenters. The summed E-state index contributed by atoms with van der Waals surface area (Å²) < 4.78 is 10.8. The Morgan fingerprint density at radius 1 is 1.15 bits per heavy atom. The van der Waals surface area contributed by atoms with Crippen molar-refractivity contribution in [3.8, 4) is 0 Å². The van der Waals surface area contributed by atoms with Crippen LogP contribution >= 0.6 is 11.6 Å². The van der Waals surface area contributed by atoms with Crippen LogP contribution in [0, 0.1) is 11.8 Å². The van der Waals surface area contributed by atoms with E-state index in [0.29, 0.717) is 57.1 Å². The molecule has 2 fully saturated rings. The molecular weight excluding hydrogens is 370 g/mol. The number of nitrogens with one attached hydrogen (secondary N) is 1. The lowest BCUT2D eigenvalue weighted by Crippen LogP contribution is -2.50. The highest BCUT2D eigenvalue weighted by Crippen LogP contribution is 2.39. The minimum Gasteiger partial charge on any atom is -0.481 e. The third-order valence-electron chi connectivity index (χ3n) is 5.81. The monoisotopic (exact) mass is 395 g/mol. The van der Waals surface area contributed by atoms with E-state index >= 15 is 0 Å². The van der Waals surface area contributed by atoms with Crippen LogP contribution in [0.5, 0.6) is 0 Å². The summed E-state index contributed by atoms with van der Waals surface area (Å²) in [5.74, 6) is -1.64. The predicted octanol–water partition coefficient (Wildman–Crippen LogP) is 2.63. The van der Waals surface area contributed by atoms with E-state index in [0.717, 1.165) is 5.56 Å². The van der Waals surface area contributed by atoms with Gasteiger partial charge in [-0.15, -0.1) is 0 Å². The lowest BCUT2D eigenvalue weighted by Gasteiger charge is -2.37. The molecule has 1 aromatic rings. The van der Waals surface area contributed by atoms with Crippen molar-refractivity contribution >= 4 is 23.5 Å². The zero-order valence-electron chi connectivity index (χ0n) is 15.3. The third-order valence-corrected chi connectivity index (χ3v) is 6.13. The Morgan fingerprint density at radius 3 is 2.41 bits per heavy atom. The summed E-state index contributed by atoms with van der Waals surface area (Å²) in [4.78, 5) is 25.0. The normalized spacial score (nSPS) is 21.4. The predicted molar refractivity (Wildman–Crippen MR) is 101 cm³/mol. The highest BCUT2D eigenvalue weighted by Gasteiger charge is 2.43. The number of hydrogen-bond donors (Lipinski definition) is 2. The maximum Gasteiger partial charge on any atom is 0.308 e. The third kappa shape index (κ3) is 4.45. The van der Waals surface area contributed by atoms with Gasteiger partial charge in [0, 0.05) is 38.0 Å². The number of carboxylic acid groups (broad SMARTS) is 1. The molecule has 2 aliphatic rings. The van der Waals surface area contributed by atoms with Crippen molar-refractivity contribution in [1.29, 1.82) is 0 Å². The first-order chi connectivity index (χ1) is 13.0. The van der Waals surface area contributed by atoms with Crippen molar-refractivity contribution in [2.45, 2.75) is 31.1 Å². The summed E-state index contributed by atoms with van der Waals surface area (Å²) in [7, 11) is 0. The summed E-state index contributed by atoms with van der Waals surface area (Å²) in [5.41, 5.74) is 0.000367. The molecule has 2 aliphatic heterocycles. The molecule has 3 rings (SSSR count). The van der Waals surface area contributed by atoms with Gasteiger partial charge in [0.25, 0.3) is 0 Å². The van der Waals surface area contributed by atoms with Gasteiger partial charge in [0.05, 0.1) is 11.3 Å². The summed E-state index contributed by atoms with van der Waals surface area (Å²) in [5, 5.41) is 13.1. The molecule has 148 valence electrons. The van der Waals surface area contributed by atoms with Crippen molar-refractivity contribution in [2.75, 3.05) is 33.0 Å².